The van der Waals surface area contributed by atoms with E-state index in [-0.39, 0.29) is 17.5 Å². The molecule has 1 amide bonds. The highest BCUT2D eigenvalue weighted by atomic mass is 16.5. The van der Waals surface area contributed by atoms with Crippen LogP contribution in [0.2, 0.25) is 0 Å². The highest BCUT2D eigenvalue weighted by Crippen LogP contribution is 2.30. The molecule has 1 aliphatic rings. The number of carbonyl (C=O) groups excluding carboxylic acids is 1. The summed E-state index contributed by atoms with van der Waals surface area (Å²) in [4.78, 5) is 33.5. The Bertz CT molecular complexity index is 798. The monoisotopic (exact) mass is 341 g/mol. The second kappa shape index (κ2) is 7.51. The maximum Gasteiger partial charge on any atom is 0.251 e. The van der Waals surface area contributed by atoms with Crippen molar-refractivity contribution < 1.29 is 9.53 Å². The summed E-state index contributed by atoms with van der Waals surface area (Å²) in [6, 6.07) is 8.91. The van der Waals surface area contributed by atoms with Gasteiger partial charge in [-0.25, -0.2) is 4.98 Å². The van der Waals surface area contributed by atoms with Crippen LogP contribution in [0, 0.1) is 6.92 Å². The Labute approximate surface area is 146 Å². The van der Waals surface area contributed by atoms with Crippen molar-refractivity contribution in [2.45, 2.75) is 39.2 Å². The number of benzene rings is 1. The number of hydrogen-bond donors (Lipinski definition) is 1. The summed E-state index contributed by atoms with van der Waals surface area (Å²) < 4.78 is 5.43. The number of aryl methyl sites for hydroxylation is 1. The van der Waals surface area contributed by atoms with Gasteiger partial charge in [0.05, 0.1) is 19.1 Å². The van der Waals surface area contributed by atoms with E-state index in [9.17, 15) is 9.59 Å². The third-order valence-corrected chi connectivity index (χ3v) is 4.37. The van der Waals surface area contributed by atoms with Gasteiger partial charge < -0.3 is 14.6 Å². The van der Waals surface area contributed by atoms with Crippen molar-refractivity contribution in [3.05, 3.63) is 57.8 Å². The van der Waals surface area contributed by atoms with Crippen LogP contribution in [0.3, 0.4) is 0 Å². The Balaban J connectivity index is 1.73. The van der Waals surface area contributed by atoms with E-state index in [0.717, 1.165) is 24.2 Å². The molecule has 25 heavy (non-hydrogen) atoms. The summed E-state index contributed by atoms with van der Waals surface area (Å²) >= 11 is 0. The molecule has 132 valence electrons. The number of carbonyl (C=O) groups is 1. The van der Waals surface area contributed by atoms with Gasteiger partial charge in [0.15, 0.2) is 0 Å². The fourth-order valence-electron chi connectivity index (χ4n) is 3.26. The Morgan fingerprint density at radius 1 is 1.36 bits per heavy atom. The van der Waals surface area contributed by atoms with Gasteiger partial charge in [0.2, 0.25) is 5.91 Å². The summed E-state index contributed by atoms with van der Waals surface area (Å²) in [5.41, 5.74) is 1.45. The second-order valence-corrected chi connectivity index (χ2v) is 6.27. The number of amides is 1. The molecule has 1 aliphatic heterocycles. The van der Waals surface area contributed by atoms with Crippen LogP contribution in [0.4, 0.5) is 0 Å². The lowest BCUT2D eigenvalue weighted by molar-refractivity contribution is -0.131. The Hall–Kier alpha value is -2.63. The van der Waals surface area contributed by atoms with Crippen LogP contribution >= 0.6 is 0 Å². The van der Waals surface area contributed by atoms with Gasteiger partial charge in [0.25, 0.3) is 5.56 Å². The second-order valence-electron chi connectivity index (χ2n) is 6.27. The molecule has 1 fully saturated rings. The number of nitrogens with one attached hydrogen (secondary N) is 1. The van der Waals surface area contributed by atoms with Gasteiger partial charge >= 0.3 is 0 Å². The molecule has 2 aromatic rings. The number of hydrogen-bond acceptors (Lipinski definition) is 4. The first-order valence-corrected chi connectivity index (χ1v) is 8.66. The average Bonchev–Trinajstić information content (AvgIpc) is 3.06. The zero-order valence-corrected chi connectivity index (χ0v) is 14.6. The highest BCUT2D eigenvalue weighted by Gasteiger charge is 2.31. The maximum atomic E-state index is 12.8. The number of H-pyrrole nitrogens is 1. The molecule has 0 spiro atoms. The van der Waals surface area contributed by atoms with Gasteiger partial charge in [-0.3, -0.25) is 9.59 Å². The van der Waals surface area contributed by atoms with Crippen LogP contribution in [0.15, 0.2) is 35.1 Å². The van der Waals surface area contributed by atoms with Gasteiger partial charge in [-0.05, 0) is 44.4 Å². The maximum absolute atomic E-state index is 12.8. The summed E-state index contributed by atoms with van der Waals surface area (Å²) in [6.07, 6.45) is 2.07. The molecule has 0 unspecified atom stereocenters. The van der Waals surface area contributed by atoms with E-state index in [4.69, 9.17) is 4.74 Å². The van der Waals surface area contributed by atoms with E-state index >= 15 is 0 Å². The first-order valence-electron chi connectivity index (χ1n) is 8.66. The summed E-state index contributed by atoms with van der Waals surface area (Å²) in [5, 5.41) is 0. The van der Waals surface area contributed by atoms with Crippen molar-refractivity contribution in [3.63, 3.8) is 0 Å². The van der Waals surface area contributed by atoms with Crippen LogP contribution in [-0.2, 0) is 11.2 Å². The predicted molar refractivity (Wildman–Crippen MR) is 94.6 cm³/mol. The number of aromatic amines is 1. The number of rotatable bonds is 5. The third-order valence-electron chi connectivity index (χ3n) is 4.37. The molecular formula is C19H23N3O3. The molecule has 0 radical (unpaired) electrons. The largest absolute Gasteiger partial charge is 0.494 e. The molecule has 6 heteroatoms. The summed E-state index contributed by atoms with van der Waals surface area (Å²) in [5.74, 6) is 1.44. The van der Waals surface area contributed by atoms with Gasteiger partial charge in [-0.1, -0.05) is 12.1 Å². The number of nitrogens with zero attached hydrogens (tertiary/aromatic N) is 2. The fraction of sp³-hybridized carbons (Fsp3) is 0.421. The fourth-order valence-corrected chi connectivity index (χ4v) is 3.26. The zero-order valence-electron chi connectivity index (χ0n) is 14.6. The van der Waals surface area contributed by atoms with Crippen molar-refractivity contribution in [2.24, 2.45) is 0 Å². The minimum absolute atomic E-state index is 0.0517. The van der Waals surface area contributed by atoms with Crippen LogP contribution in [0.1, 0.15) is 42.9 Å². The van der Waals surface area contributed by atoms with E-state index in [1.807, 2.05) is 36.1 Å². The summed E-state index contributed by atoms with van der Waals surface area (Å²) in [7, 11) is 0. The lowest BCUT2D eigenvalue weighted by atomic mass is 10.1. The van der Waals surface area contributed by atoms with Crippen LogP contribution in [0.5, 0.6) is 5.75 Å². The van der Waals surface area contributed by atoms with E-state index in [1.54, 1.807) is 6.92 Å². The minimum Gasteiger partial charge on any atom is -0.494 e. The molecule has 1 aromatic heterocycles. The van der Waals surface area contributed by atoms with E-state index in [1.165, 1.54) is 6.07 Å². The highest BCUT2D eigenvalue weighted by molar-refractivity contribution is 5.79. The molecular weight excluding hydrogens is 318 g/mol. The van der Waals surface area contributed by atoms with Gasteiger partial charge in [0, 0.05) is 18.3 Å². The average molecular weight is 341 g/mol. The third kappa shape index (κ3) is 4.07. The van der Waals surface area contributed by atoms with Crippen LogP contribution in [-0.4, -0.2) is 33.9 Å². The predicted octanol–water partition coefficient (Wildman–Crippen LogP) is 2.38. The molecule has 0 saturated carbocycles. The molecule has 1 aromatic carbocycles. The number of likely N-dealkylation sites (tertiary alicyclic amines) is 1. The topological polar surface area (TPSA) is 75.3 Å². The molecule has 2 heterocycles. The van der Waals surface area contributed by atoms with Crippen molar-refractivity contribution in [2.75, 3.05) is 13.2 Å². The first-order chi connectivity index (χ1) is 12.1. The Morgan fingerprint density at radius 2 is 2.12 bits per heavy atom. The van der Waals surface area contributed by atoms with Gasteiger partial charge in [0.1, 0.15) is 11.6 Å². The molecule has 1 atom stereocenters. The molecule has 1 N–H and O–H groups in total. The normalized spacial score (nSPS) is 16.9. The van der Waals surface area contributed by atoms with Crippen molar-refractivity contribution >= 4 is 5.91 Å². The summed E-state index contributed by atoms with van der Waals surface area (Å²) in [6.45, 7) is 5.04. The number of ether oxygens (including phenoxy) is 1. The van der Waals surface area contributed by atoms with Crippen LogP contribution in [0.25, 0.3) is 0 Å². The van der Waals surface area contributed by atoms with E-state index in [2.05, 4.69) is 9.97 Å². The number of aromatic nitrogens is 2. The molecule has 6 nitrogen and oxygen atoms in total. The van der Waals surface area contributed by atoms with Gasteiger partial charge in [-0.15, -0.1) is 0 Å². The van der Waals surface area contributed by atoms with Crippen LogP contribution < -0.4 is 10.3 Å². The molecule has 0 aliphatic carbocycles. The Kier molecular flexibility index (Phi) is 5.16. The first kappa shape index (κ1) is 17.2. The zero-order chi connectivity index (χ0) is 17.8. The standard InChI is InChI=1S/C19H23N3O3/c1-3-25-15-8-6-14(7-9-15)12-18(24)22-10-4-5-16(22)19-20-13(2)11-17(23)21-19/h6-9,11,16H,3-5,10,12H2,1-2H3,(H,20,21,23)/t16-/m0/s1. The quantitative estimate of drug-likeness (QED) is 0.906. The smallest absolute Gasteiger partial charge is 0.251 e. The van der Waals surface area contributed by atoms with E-state index in [0.29, 0.717) is 31.1 Å². The lowest BCUT2D eigenvalue weighted by Gasteiger charge is -2.24. The minimum atomic E-state index is -0.173. The van der Waals surface area contributed by atoms with Crippen molar-refractivity contribution in [3.8, 4) is 5.75 Å². The SMILES string of the molecule is CCOc1ccc(CC(=O)N2CCC[C@H]2c2nc(C)cc(=O)[nH]2)cc1. The molecule has 3 rings (SSSR count). The Morgan fingerprint density at radius 3 is 2.80 bits per heavy atom. The van der Waals surface area contributed by atoms with Gasteiger partial charge in [-0.2, -0.15) is 0 Å². The molecule has 0 bridgehead atoms. The van der Waals surface area contributed by atoms with E-state index < -0.39 is 0 Å². The van der Waals surface area contributed by atoms with Crippen molar-refractivity contribution in [1.29, 1.82) is 0 Å². The molecule has 1 saturated heterocycles. The lowest BCUT2D eigenvalue weighted by Crippen LogP contribution is -2.33. The van der Waals surface area contributed by atoms with Crippen molar-refractivity contribution in [1.82, 2.24) is 14.9 Å².